The van der Waals surface area contributed by atoms with Crippen LogP contribution in [0.1, 0.15) is 32.3 Å². The summed E-state index contributed by atoms with van der Waals surface area (Å²) in [4.78, 5) is 13.2. The Balaban J connectivity index is 2.10. The maximum atomic E-state index is 11.2. The molecule has 1 fully saturated rings. The van der Waals surface area contributed by atoms with Gasteiger partial charge in [-0.05, 0) is 36.9 Å². The van der Waals surface area contributed by atoms with Gasteiger partial charge in [-0.1, -0.05) is 19.9 Å². The predicted molar refractivity (Wildman–Crippen MR) is 80.9 cm³/mol. The third-order valence-electron chi connectivity index (χ3n) is 3.74. The van der Waals surface area contributed by atoms with E-state index in [0.29, 0.717) is 5.69 Å². The molecule has 110 valence electrons. The molecule has 1 aromatic carbocycles. The topological polar surface area (TPSA) is 58.4 Å². The predicted octanol–water partition coefficient (Wildman–Crippen LogP) is 3.26. The molecule has 1 N–H and O–H groups in total. The highest BCUT2D eigenvalue weighted by molar-refractivity contribution is 5.62. The molecule has 1 aromatic rings. The summed E-state index contributed by atoms with van der Waals surface area (Å²) in [6, 6.07) is 5.54. The highest BCUT2D eigenvalue weighted by Crippen LogP contribution is 2.27. The van der Waals surface area contributed by atoms with Gasteiger partial charge >= 0.3 is 0 Å². The van der Waals surface area contributed by atoms with Gasteiger partial charge in [0, 0.05) is 25.7 Å². The minimum absolute atomic E-state index is 0.184. The zero-order valence-electron chi connectivity index (χ0n) is 12.3. The molecule has 1 aliphatic heterocycles. The molecule has 0 radical (unpaired) electrons. The number of rotatable bonds is 6. The van der Waals surface area contributed by atoms with E-state index in [-0.39, 0.29) is 10.6 Å². The number of hydrogen-bond donors (Lipinski definition) is 1. The summed E-state index contributed by atoms with van der Waals surface area (Å²) in [5, 5.41) is 14.3. The molecule has 20 heavy (non-hydrogen) atoms. The van der Waals surface area contributed by atoms with Crippen LogP contribution in [0.15, 0.2) is 18.2 Å². The average Bonchev–Trinajstić information content (AvgIpc) is 2.82. The second-order valence-electron chi connectivity index (χ2n) is 5.66. The number of nitro groups is 1. The zero-order chi connectivity index (χ0) is 14.5. The van der Waals surface area contributed by atoms with Gasteiger partial charge in [-0.25, -0.2) is 0 Å². The Kier molecular flexibility index (Phi) is 4.95. The van der Waals surface area contributed by atoms with Crippen LogP contribution in [0, 0.1) is 16.0 Å². The van der Waals surface area contributed by atoms with E-state index in [1.54, 1.807) is 6.07 Å². The molecule has 1 saturated heterocycles. The van der Waals surface area contributed by atoms with Crippen LogP contribution in [0.5, 0.6) is 0 Å². The quantitative estimate of drug-likeness (QED) is 0.640. The number of nitrogens with one attached hydrogen (secondary N) is 1. The minimum atomic E-state index is -0.298. The number of anilines is 1. The number of likely N-dealkylation sites (tertiary alicyclic amines) is 1. The Morgan fingerprint density at radius 3 is 2.90 bits per heavy atom. The van der Waals surface area contributed by atoms with Gasteiger partial charge in [0.25, 0.3) is 5.69 Å². The standard InChI is InChI=1S/C15H23N3O2/c1-3-7-16-14-5-4-13(9-15(14)18(19)20)11-17-8-6-12(2)10-17/h4-5,9,12,16H,3,6-8,10-11H2,1-2H3. The third-order valence-corrected chi connectivity index (χ3v) is 3.74. The van der Waals surface area contributed by atoms with Gasteiger partial charge in [0.05, 0.1) is 4.92 Å². The molecule has 1 heterocycles. The summed E-state index contributed by atoms with van der Waals surface area (Å²) in [7, 11) is 0. The first kappa shape index (κ1) is 14.8. The number of nitrogens with zero attached hydrogens (tertiary/aromatic N) is 2. The van der Waals surface area contributed by atoms with E-state index in [4.69, 9.17) is 0 Å². The summed E-state index contributed by atoms with van der Waals surface area (Å²) in [5.41, 5.74) is 1.83. The van der Waals surface area contributed by atoms with Gasteiger partial charge in [-0.2, -0.15) is 0 Å². The summed E-state index contributed by atoms with van der Waals surface area (Å²) in [6.45, 7) is 8.03. The van der Waals surface area contributed by atoms with Crippen LogP contribution in [-0.4, -0.2) is 29.5 Å². The molecule has 0 aromatic heterocycles. The van der Waals surface area contributed by atoms with Crippen molar-refractivity contribution in [2.75, 3.05) is 25.0 Å². The van der Waals surface area contributed by atoms with Crippen LogP contribution in [0.4, 0.5) is 11.4 Å². The first-order chi connectivity index (χ1) is 9.60. The van der Waals surface area contributed by atoms with Crippen molar-refractivity contribution in [2.45, 2.75) is 33.2 Å². The molecule has 0 aliphatic carbocycles. The lowest BCUT2D eigenvalue weighted by molar-refractivity contribution is -0.384. The number of nitro benzene ring substituents is 1. The van der Waals surface area contributed by atoms with Crippen LogP contribution >= 0.6 is 0 Å². The van der Waals surface area contributed by atoms with Gasteiger partial charge in [0.2, 0.25) is 0 Å². The molecule has 5 heteroatoms. The van der Waals surface area contributed by atoms with Crippen molar-refractivity contribution in [1.29, 1.82) is 0 Å². The second kappa shape index (κ2) is 6.70. The molecule has 0 bridgehead atoms. The van der Waals surface area contributed by atoms with Crippen LogP contribution in [0.25, 0.3) is 0 Å². The lowest BCUT2D eigenvalue weighted by atomic mass is 10.1. The molecule has 0 spiro atoms. The second-order valence-corrected chi connectivity index (χ2v) is 5.66. The Bertz CT molecular complexity index is 476. The largest absolute Gasteiger partial charge is 0.380 e. The van der Waals surface area contributed by atoms with Crippen molar-refractivity contribution >= 4 is 11.4 Å². The fraction of sp³-hybridized carbons (Fsp3) is 0.600. The molecule has 5 nitrogen and oxygen atoms in total. The van der Waals surface area contributed by atoms with Gasteiger partial charge in [0.15, 0.2) is 0 Å². The van der Waals surface area contributed by atoms with Gasteiger partial charge in [-0.15, -0.1) is 0 Å². The van der Waals surface area contributed by atoms with E-state index >= 15 is 0 Å². The van der Waals surface area contributed by atoms with Crippen molar-refractivity contribution < 1.29 is 4.92 Å². The van der Waals surface area contributed by atoms with Crippen molar-refractivity contribution in [3.63, 3.8) is 0 Å². The summed E-state index contributed by atoms with van der Waals surface area (Å²) in [6.07, 6.45) is 2.17. The molecule has 1 atom stereocenters. The Morgan fingerprint density at radius 1 is 1.50 bits per heavy atom. The normalized spacial score (nSPS) is 19.2. The van der Waals surface area contributed by atoms with E-state index in [2.05, 4.69) is 17.1 Å². The Morgan fingerprint density at radius 2 is 2.30 bits per heavy atom. The molecular formula is C15H23N3O2. The Labute approximate surface area is 120 Å². The van der Waals surface area contributed by atoms with Crippen LogP contribution in [0.2, 0.25) is 0 Å². The summed E-state index contributed by atoms with van der Waals surface area (Å²) in [5.74, 6) is 0.732. The minimum Gasteiger partial charge on any atom is -0.380 e. The van der Waals surface area contributed by atoms with E-state index in [9.17, 15) is 10.1 Å². The van der Waals surface area contributed by atoms with Crippen molar-refractivity contribution in [1.82, 2.24) is 4.90 Å². The monoisotopic (exact) mass is 277 g/mol. The van der Waals surface area contributed by atoms with Crippen molar-refractivity contribution in [2.24, 2.45) is 5.92 Å². The van der Waals surface area contributed by atoms with Crippen LogP contribution in [-0.2, 0) is 6.54 Å². The van der Waals surface area contributed by atoms with Gasteiger partial charge in [-0.3, -0.25) is 15.0 Å². The summed E-state index contributed by atoms with van der Waals surface area (Å²) >= 11 is 0. The molecule has 1 unspecified atom stereocenters. The lowest BCUT2D eigenvalue weighted by Gasteiger charge is -2.15. The fourth-order valence-corrected chi connectivity index (χ4v) is 2.66. The highest BCUT2D eigenvalue weighted by atomic mass is 16.6. The zero-order valence-corrected chi connectivity index (χ0v) is 12.3. The smallest absolute Gasteiger partial charge is 0.292 e. The van der Waals surface area contributed by atoms with E-state index in [1.165, 1.54) is 6.42 Å². The van der Waals surface area contributed by atoms with E-state index < -0.39 is 0 Å². The summed E-state index contributed by atoms with van der Waals surface area (Å²) < 4.78 is 0. The van der Waals surface area contributed by atoms with Gasteiger partial charge in [0.1, 0.15) is 5.69 Å². The van der Waals surface area contributed by atoms with Crippen molar-refractivity contribution in [3.05, 3.63) is 33.9 Å². The maximum Gasteiger partial charge on any atom is 0.292 e. The highest BCUT2D eigenvalue weighted by Gasteiger charge is 2.20. The lowest BCUT2D eigenvalue weighted by Crippen LogP contribution is -2.19. The van der Waals surface area contributed by atoms with Crippen LogP contribution < -0.4 is 5.32 Å². The average molecular weight is 277 g/mol. The first-order valence-electron chi connectivity index (χ1n) is 7.33. The Hall–Kier alpha value is -1.62. The third kappa shape index (κ3) is 3.70. The van der Waals surface area contributed by atoms with Crippen molar-refractivity contribution in [3.8, 4) is 0 Å². The van der Waals surface area contributed by atoms with E-state index in [1.807, 2.05) is 19.1 Å². The van der Waals surface area contributed by atoms with Gasteiger partial charge < -0.3 is 5.32 Å². The molecule has 0 amide bonds. The number of hydrogen-bond acceptors (Lipinski definition) is 4. The molecule has 2 rings (SSSR count). The van der Waals surface area contributed by atoms with E-state index in [0.717, 1.165) is 44.1 Å². The maximum absolute atomic E-state index is 11.2. The molecule has 0 saturated carbocycles. The number of benzene rings is 1. The molecule has 1 aliphatic rings. The fourth-order valence-electron chi connectivity index (χ4n) is 2.66. The van der Waals surface area contributed by atoms with Crippen LogP contribution in [0.3, 0.4) is 0 Å². The first-order valence-corrected chi connectivity index (χ1v) is 7.33. The molecular weight excluding hydrogens is 254 g/mol. The SMILES string of the molecule is CCCNc1ccc(CN2CCC(C)C2)cc1[N+](=O)[O-].